The summed E-state index contributed by atoms with van der Waals surface area (Å²) in [7, 11) is 0. The Morgan fingerprint density at radius 2 is 2.24 bits per heavy atom. The van der Waals surface area contributed by atoms with E-state index in [-0.39, 0.29) is 31.2 Å². The molecule has 0 aliphatic heterocycles. The van der Waals surface area contributed by atoms with E-state index in [1.165, 1.54) is 6.07 Å². The summed E-state index contributed by atoms with van der Waals surface area (Å²) in [6, 6.07) is 6.59. The molecule has 0 bridgehead atoms. The van der Waals surface area contributed by atoms with Gasteiger partial charge in [-0.25, -0.2) is 4.39 Å². The van der Waals surface area contributed by atoms with Crippen LogP contribution in [0.4, 0.5) is 4.39 Å². The average Bonchev–Trinajstić information content (AvgIpc) is 2.47. The molecule has 0 unspecified atom stereocenters. The van der Waals surface area contributed by atoms with Gasteiger partial charge in [0.2, 0.25) is 0 Å². The zero-order valence-electron chi connectivity index (χ0n) is 12.1. The van der Waals surface area contributed by atoms with E-state index in [1.54, 1.807) is 12.1 Å². The molecule has 1 aromatic rings. The summed E-state index contributed by atoms with van der Waals surface area (Å²) in [5, 5.41) is 14.1. The second-order valence-corrected chi connectivity index (χ2v) is 4.45. The highest BCUT2D eigenvalue weighted by molar-refractivity contribution is 5.77. The van der Waals surface area contributed by atoms with Crippen LogP contribution in [0.3, 0.4) is 0 Å². The van der Waals surface area contributed by atoms with Gasteiger partial charge in [0.1, 0.15) is 0 Å². The maximum Gasteiger partial charge on any atom is 0.257 e. The highest BCUT2D eigenvalue weighted by atomic mass is 19.1. The number of rotatable bonds is 9. The fourth-order valence-corrected chi connectivity index (χ4v) is 1.70. The molecule has 0 saturated heterocycles. The van der Waals surface area contributed by atoms with Gasteiger partial charge in [-0.3, -0.25) is 4.79 Å². The second kappa shape index (κ2) is 9.72. The number of amides is 1. The van der Waals surface area contributed by atoms with E-state index < -0.39 is 5.82 Å². The van der Waals surface area contributed by atoms with Gasteiger partial charge in [-0.05, 0) is 19.0 Å². The Bertz CT molecular complexity index is 500. The van der Waals surface area contributed by atoms with Crippen molar-refractivity contribution in [3.05, 3.63) is 29.6 Å². The number of hydrogen-bond acceptors (Lipinski definition) is 4. The highest BCUT2D eigenvalue weighted by Gasteiger charge is 2.11. The van der Waals surface area contributed by atoms with Gasteiger partial charge in [-0.2, -0.15) is 5.26 Å². The van der Waals surface area contributed by atoms with E-state index in [1.807, 2.05) is 13.0 Å². The van der Waals surface area contributed by atoms with Gasteiger partial charge in [0.05, 0.1) is 12.5 Å². The number of halogens is 1. The first kappa shape index (κ1) is 16.9. The Morgan fingerprint density at radius 1 is 1.43 bits per heavy atom. The molecule has 1 aromatic carbocycles. The third kappa shape index (κ3) is 6.23. The molecule has 21 heavy (non-hydrogen) atoms. The minimum atomic E-state index is -0.490. The molecule has 5 nitrogen and oxygen atoms in total. The fourth-order valence-electron chi connectivity index (χ4n) is 1.70. The highest BCUT2D eigenvalue weighted by Crippen LogP contribution is 2.22. The number of carbonyl (C=O) groups is 1. The SMILES string of the molecule is CCCNCc1cccc(F)c1OCC(=O)NCCC#N. The van der Waals surface area contributed by atoms with E-state index >= 15 is 0 Å². The molecule has 1 rings (SSSR count). The van der Waals surface area contributed by atoms with E-state index in [0.29, 0.717) is 12.1 Å². The number of nitrogens with zero attached hydrogens (tertiary/aromatic N) is 1. The van der Waals surface area contributed by atoms with Crippen LogP contribution in [0.1, 0.15) is 25.3 Å². The maximum absolute atomic E-state index is 13.8. The summed E-state index contributed by atoms with van der Waals surface area (Å²) in [6.07, 6.45) is 1.21. The van der Waals surface area contributed by atoms with Gasteiger partial charge in [-0.15, -0.1) is 0 Å². The number of carbonyl (C=O) groups excluding carboxylic acids is 1. The van der Waals surface area contributed by atoms with Crippen molar-refractivity contribution < 1.29 is 13.9 Å². The molecule has 0 saturated carbocycles. The molecule has 0 fully saturated rings. The summed E-state index contributed by atoms with van der Waals surface area (Å²) in [5.74, 6) is -0.770. The van der Waals surface area contributed by atoms with E-state index in [2.05, 4.69) is 10.6 Å². The largest absolute Gasteiger partial charge is 0.480 e. The predicted molar refractivity (Wildman–Crippen MR) is 77.1 cm³/mol. The predicted octanol–water partition coefficient (Wildman–Crippen LogP) is 1.73. The molecule has 0 radical (unpaired) electrons. The van der Waals surface area contributed by atoms with Gasteiger partial charge in [-0.1, -0.05) is 19.1 Å². The molecule has 0 heterocycles. The van der Waals surface area contributed by atoms with Crippen molar-refractivity contribution in [3.63, 3.8) is 0 Å². The Balaban J connectivity index is 2.56. The number of nitriles is 1. The third-order valence-electron chi connectivity index (χ3n) is 2.70. The minimum absolute atomic E-state index is 0.0940. The minimum Gasteiger partial charge on any atom is -0.480 e. The van der Waals surface area contributed by atoms with Crippen molar-refractivity contribution in [3.8, 4) is 11.8 Å². The van der Waals surface area contributed by atoms with Crippen LogP contribution < -0.4 is 15.4 Å². The Morgan fingerprint density at radius 3 is 2.95 bits per heavy atom. The Labute approximate surface area is 124 Å². The summed E-state index contributed by atoms with van der Waals surface area (Å²) in [5.41, 5.74) is 0.674. The van der Waals surface area contributed by atoms with E-state index in [4.69, 9.17) is 10.00 Å². The van der Waals surface area contributed by atoms with Gasteiger partial charge < -0.3 is 15.4 Å². The first-order chi connectivity index (χ1) is 10.2. The molecule has 0 spiro atoms. The van der Waals surface area contributed by atoms with Gasteiger partial charge in [0.25, 0.3) is 5.91 Å². The van der Waals surface area contributed by atoms with E-state index in [0.717, 1.165) is 13.0 Å². The second-order valence-electron chi connectivity index (χ2n) is 4.45. The van der Waals surface area contributed by atoms with Crippen LogP contribution in [0.25, 0.3) is 0 Å². The molecule has 114 valence electrons. The monoisotopic (exact) mass is 293 g/mol. The summed E-state index contributed by atoms with van der Waals surface area (Å²) < 4.78 is 19.1. The van der Waals surface area contributed by atoms with Gasteiger partial charge in [0.15, 0.2) is 18.2 Å². The van der Waals surface area contributed by atoms with Crippen LogP contribution in [0.15, 0.2) is 18.2 Å². The molecule has 0 aromatic heterocycles. The zero-order chi connectivity index (χ0) is 15.5. The van der Waals surface area contributed by atoms with Gasteiger partial charge >= 0.3 is 0 Å². The lowest BCUT2D eigenvalue weighted by Gasteiger charge is -2.12. The molecule has 2 N–H and O–H groups in total. The first-order valence-electron chi connectivity index (χ1n) is 6.93. The zero-order valence-corrected chi connectivity index (χ0v) is 12.1. The van der Waals surface area contributed by atoms with Gasteiger partial charge in [0, 0.05) is 18.7 Å². The van der Waals surface area contributed by atoms with E-state index in [9.17, 15) is 9.18 Å². The van der Waals surface area contributed by atoms with Crippen LogP contribution in [0, 0.1) is 17.1 Å². The third-order valence-corrected chi connectivity index (χ3v) is 2.70. The van der Waals surface area contributed by atoms with Crippen molar-refractivity contribution in [2.45, 2.75) is 26.3 Å². The molecule has 6 heteroatoms. The number of benzene rings is 1. The molecule has 0 aliphatic carbocycles. The van der Waals surface area contributed by atoms with Crippen molar-refractivity contribution in [2.75, 3.05) is 19.7 Å². The summed E-state index contributed by atoms with van der Waals surface area (Å²) in [6.45, 7) is 3.34. The topological polar surface area (TPSA) is 74.2 Å². The fraction of sp³-hybridized carbons (Fsp3) is 0.467. The summed E-state index contributed by atoms with van der Waals surface area (Å²) in [4.78, 5) is 11.5. The van der Waals surface area contributed by atoms with Crippen LogP contribution in [0.2, 0.25) is 0 Å². The van der Waals surface area contributed by atoms with Crippen LogP contribution in [-0.4, -0.2) is 25.6 Å². The number of hydrogen-bond donors (Lipinski definition) is 2. The van der Waals surface area contributed by atoms with Crippen LogP contribution >= 0.6 is 0 Å². The smallest absolute Gasteiger partial charge is 0.257 e. The lowest BCUT2D eigenvalue weighted by Crippen LogP contribution is -2.30. The molecule has 0 atom stereocenters. The molecule has 0 aliphatic rings. The summed E-state index contributed by atoms with van der Waals surface area (Å²) >= 11 is 0. The number of para-hydroxylation sites is 1. The van der Waals surface area contributed by atoms with Crippen LogP contribution in [0.5, 0.6) is 5.75 Å². The Kier molecular flexibility index (Phi) is 7.84. The molecular formula is C15H20FN3O2. The van der Waals surface area contributed by atoms with Crippen molar-refractivity contribution in [1.29, 1.82) is 5.26 Å². The standard InChI is InChI=1S/C15H20FN3O2/c1-2-8-18-10-12-5-3-6-13(16)15(12)21-11-14(20)19-9-4-7-17/h3,5-6,18H,2,4,8-11H2,1H3,(H,19,20). The quantitative estimate of drug-likeness (QED) is 0.680. The van der Waals surface area contributed by atoms with Crippen LogP contribution in [-0.2, 0) is 11.3 Å². The maximum atomic E-state index is 13.8. The molecule has 1 amide bonds. The lowest BCUT2D eigenvalue weighted by molar-refractivity contribution is -0.123. The number of ether oxygens (including phenoxy) is 1. The Hall–Kier alpha value is -2.13. The van der Waals surface area contributed by atoms with Crippen molar-refractivity contribution >= 4 is 5.91 Å². The average molecular weight is 293 g/mol. The normalized spacial score (nSPS) is 9.95. The molecular weight excluding hydrogens is 273 g/mol. The van der Waals surface area contributed by atoms with Crippen molar-refractivity contribution in [1.82, 2.24) is 10.6 Å². The lowest BCUT2D eigenvalue weighted by atomic mass is 10.2. The first-order valence-corrected chi connectivity index (χ1v) is 6.93. The van der Waals surface area contributed by atoms with Crippen molar-refractivity contribution in [2.24, 2.45) is 0 Å². The number of nitrogens with one attached hydrogen (secondary N) is 2.